The van der Waals surface area contributed by atoms with Crippen molar-refractivity contribution in [3.8, 4) is 11.3 Å². The first-order valence-corrected chi connectivity index (χ1v) is 6.30. The number of nitrogens with zero attached hydrogens (tertiary/aromatic N) is 2. The molecule has 0 aliphatic rings. The van der Waals surface area contributed by atoms with Gasteiger partial charge in [0, 0.05) is 40.2 Å². The number of fused-ring (bicyclic) bond motifs is 1. The number of rotatable bonds is 2. The Morgan fingerprint density at radius 3 is 2.89 bits per heavy atom. The molecule has 0 amide bonds. The first kappa shape index (κ1) is 12.0. The Morgan fingerprint density at radius 1 is 1.42 bits per heavy atom. The van der Waals surface area contributed by atoms with E-state index in [0.29, 0.717) is 5.69 Å². The molecule has 3 rings (SSSR count). The zero-order valence-electron chi connectivity index (χ0n) is 9.92. The average Bonchev–Trinajstić information content (AvgIpc) is 2.96. The quantitative estimate of drug-likeness (QED) is 0.786. The van der Waals surface area contributed by atoms with Gasteiger partial charge >= 0.3 is 5.97 Å². The van der Waals surface area contributed by atoms with Crippen LogP contribution in [0.4, 0.5) is 0 Å². The summed E-state index contributed by atoms with van der Waals surface area (Å²) in [7, 11) is 1.95. The molecule has 0 bridgehead atoms. The van der Waals surface area contributed by atoms with E-state index in [1.807, 2.05) is 36.0 Å². The molecule has 2 aromatic heterocycles. The molecule has 2 heterocycles. The minimum Gasteiger partial charge on any atom is -0.475 e. The van der Waals surface area contributed by atoms with Crippen LogP contribution in [0.1, 0.15) is 10.6 Å². The maximum Gasteiger partial charge on any atom is 0.374 e. The van der Waals surface area contributed by atoms with E-state index in [0.717, 1.165) is 20.9 Å². The minimum atomic E-state index is -1.12. The first-order valence-electron chi connectivity index (χ1n) is 5.51. The summed E-state index contributed by atoms with van der Waals surface area (Å²) in [6, 6.07) is 7.21. The lowest BCUT2D eigenvalue weighted by molar-refractivity contribution is 0.0652. The predicted molar refractivity (Wildman–Crippen MR) is 73.1 cm³/mol. The van der Waals surface area contributed by atoms with Crippen molar-refractivity contribution in [1.29, 1.82) is 0 Å². The van der Waals surface area contributed by atoms with E-state index < -0.39 is 5.97 Å². The van der Waals surface area contributed by atoms with Crippen LogP contribution in [0, 0.1) is 0 Å². The highest BCUT2D eigenvalue weighted by Crippen LogP contribution is 2.29. The molecule has 0 atom stereocenters. The minimum absolute atomic E-state index is 0.164. The number of hydrogen-bond acceptors (Lipinski definition) is 3. The zero-order valence-corrected chi connectivity index (χ0v) is 11.5. The Balaban J connectivity index is 2.14. The number of carboxylic acids is 1. The Morgan fingerprint density at radius 2 is 2.21 bits per heavy atom. The van der Waals surface area contributed by atoms with Crippen molar-refractivity contribution >= 4 is 32.8 Å². The lowest BCUT2D eigenvalue weighted by Crippen LogP contribution is -1.91. The van der Waals surface area contributed by atoms with Gasteiger partial charge in [-0.05, 0) is 22.0 Å². The second-order valence-electron chi connectivity index (χ2n) is 4.20. The first-order chi connectivity index (χ1) is 9.06. The average molecular weight is 321 g/mol. The van der Waals surface area contributed by atoms with Crippen molar-refractivity contribution in [3.63, 3.8) is 0 Å². The van der Waals surface area contributed by atoms with Gasteiger partial charge in [-0.3, -0.25) is 0 Å². The molecule has 0 fully saturated rings. The molecule has 1 N–H and O–H groups in total. The fraction of sp³-hybridized carbons (Fsp3) is 0.0769. The van der Waals surface area contributed by atoms with Crippen molar-refractivity contribution < 1.29 is 14.4 Å². The lowest BCUT2D eigenvalue weighted by Gasteiger charge is -1.99. The molecule has 0 aliphatic carbocycles. The topological polar surface area (TPSA) is 68.3 Å². The Kier molecular flexibility index (Phi) is 2.67. The van der Waals surface area contributed by atoms with E-state index in [4.69, 9.17) is 9.63 Å². The van der Waals surface area contributed by atoms with Gasteiger partial charge < -0.3 is 14.2 Å². The number of benzene rings is 1. The second kappa shape index (κ2) is 4.24. The van der Waals surface area contributed by atoms with E-state index in [2.05, 4.69) is 21.1 Å². The van der Waals surface area contributed by atoms with Gasteiger partial charge in [0.1, 0.15) is 5.69 Å². The number of carbonyl (C=O) groups is 1. The number of aromatic nitrogens is 2. The van der Waals surface area contributed by atoms with Gasteiger partial charge in [-0.15, -0.1) is 0 Å². The SMILES string of the molecule is Cn1cc(Br)c2ccc(-c3cc(C(=O)O)on3)cc21. The molecule has 6 heteroatoms. The summed E-state index contributed by atoms with van der Waals surface area (Å²) in [4.78, 5) is 10.8. The van der Waals surface area contributed by atoms with E-state index in [1.54, 1.807) is 0 Å². The summed E-state index contributed by atoms with van der Waals surface area (Å²) in [6.07, 6.45) is 1.97. The van der Waals surface area contributed by atoms with Crippen molar-refractivity contribution in [2.24, 2.45) is 7.05 Å². The van der Waals surface area contributed by atoms with E-state index in [1.165, 1.54) is 6.07 Å². The molecule has 0 saturated carbocycles. The molecule has 96 valence electrons. The monoisotopic (exact) mass is 320 g/mol. The number of aryl methyl sites for hydroxylation is 1. The van der Waals surface area contributed by atoms with Gasteiger partial charge in [0.2, 0.25) is 5.76 Å². The van der Waals surface area contributed by atoms with Crippen LogP contribution in [0.5, 0.6) is 0 Å². The molecule has 0 saturated heterocycles. The molecule has 5 nitrogen and oxygen atoms in total. The van der Waals surface area contributed by atoms with Crippen molar-refractivity contribution in [1.82, 2.24) is 9.72 Å². The number of hydrogen-bond donors (Lipinski definition) is 1. The summed E-state index contributed by atoms with van der Waals surface area (Å²) >= 11 is 3.49. The van der Waals surface area contributed by atoms with Crippen LogP contribution in [0.2, 0.25) is 0 Å². The Hall–Kier alpha value is -2.08. The van der Waals surface area contributed by atoms with Gasteiger partial charge in [0.25, 0.3) is 0 Å². The van der Waals surface area contributed by atoms with Gasteiger partial charge in [0.05, 0.1) is 0 Å². The normalized spacial score (nSPS) is 11.1. The molecule has 19 heavy (non-hydrogen) atoms. The summed E-state index contributed by atoms with van der Waals surface area (Å²) in [5.41, 5.74) is 2.36. The fourth-order valence-corrected chi connectivity index (χ4v) is 2.65. The molecule has 0 unspecified atom stereocenters. The van der Waals surface area contributed by atoms with Crippen molar-refractivity contribution in [2.75, 3.05) is 0 Å². The molecule has 0 spiro atoms. The summed E-state index contributed by atoms with van der Waals surface area (Å²) < 4.78 is 7.77. The summed E-state index contributed by atoms with van der Waals surface area (Å²) in [5.74, 6) is -1.29. The van der Waals surface area contributed by atoms with Crippen LogP contribution in [-0.2, 0) is 7.05 Å². The van der Waals surface area contributed by atoms with Crippen molar-refractivity contribution in [2.45, 2.75) is 0 Å². The van der Waals surface area contributed by atoms with E-state index in [9.17, 15) is 4.79 Å². The largest absolute Gasteiger partial charge is 0.475 e. The smallest absolute Gasteiger partial charge is 0.374 e. The van der Waals surface area contributed by atoms with Gasteiger partial charge in [-0.25, -0.2) is 4.79 Å². The van der Waals surface area contributed by atoms with Crippen LogP contribution in [0.3, 0.4) is 0 Å². The summed E-state index contributed by atoms with van der Waals surface area (Å²) in [6.45, 7) is 0. The molecule has 3 aromatic rings. The number of aromatic carboxylic acids is 1. The van der Waals surface area contributed by atoms with Crippen LogP contribution >= 0.6 is 15.9 Å². The van der Waals surface area contributed by atoms with Gasteiger partial charge in [0.15, 0.2) is 0 Å². The second-order valence-corrected chi connectivity index (χ2v) is 5.06. The standard InChI is InChI=1S/C13H9BrN2O3/c1-16-6-9(14)8-3-2-7(4-11(8)16)10-5-12(13(17)18)19-15-10/h2-6H,1H3,(H,17,18). The van der Waals surface area contributed by atoms with E-state index in [-0.39, 0.29) is 5.76 Å². The third kappa shape index (κ3) is 1.94. The Labute approximate surface area is 116 Å². The molecular formula is C13H9BrN2O3. The van der Waals surface area contributed by atoms with Crippen LogP contribution < -0.4 is 0 Å². The third-order valence-corrected chi connectivity index (χ3v) is 3.59. The number of carboxylic acid groups (broad SMARTS) is 1. The maximum atomic E-state index is 10.8. The molecule has 0 radical (unpaired) electrons. The molecule has 0 aliphatic heterocycles. The van der Waals surface area contributed by atoms with Crippen LogP contribution in [0.15, 0.2) is 39.5 Å². The lowest BCUT2D eigenvalue weighted by atomic mass is 10.1. The summed E-state index contributed by atoms with van der Waals surface area (Å²) in [5, 5.41) is 13.7. The maximum absolute atomic E-state index is 10.8. The number of halogens is 1. The van der Waals surface area contributed by atoms with Crippen LogP contribution in [0.25, 0.3) is 22.2 Å². The van der Waals surface area contributed by atoms with Gasteiger partial charge in [-0.2, -0.15) is 0 Å². The van der Waals surface area contributed by atoms with E-state index >= 15 is 0 Å². The predicted octanol–water partition coefficient (Wildman–Crippen LogP) is 3.29. The molecule has 1 aromatic carbocycles. The van der Waals surface area contributed by atoms with Crippen LogP contribution in [-0.4, -0.2) is 20.8 Å². The molecular weight excluding hydrogens is 312 g/mol. The fourth-order valence-electron chi connectivity index (χ4n) is 2.01. The highest BCUT2D eigenvalue weighted by Gasteiger charge is 2.13. The Bertz CT molecular complexity index is 788. The van der Waals surface area contributed by atoms with Gasteiger partial charge in [-0.1, -0.05) is 17.3 Å². The highest BCUT2D eigenvalue weighted by atomic mass is 79.9. The third-order valence-electron chi connectivity index (χ3n) is 2.96. The zero-order chi connectivity index (χ0) is 13.6. The highest BCUT2D eigenvalue weighted by molar-refractivity contribution is 9.10. The van der Waals surface area contributed by atoms with Crippen molar-refractivity contribution in [3.05, 3.63) is 40.7 Å².